The lowest BCUT2D eigenvalue weighted by Crippen LogP contribution is -2.00. The zero-order chi connectivity index (χ0) is 37.5. The molecule has 0 aliphatic carbocycles. The van der Waals surface area contributed by atoms with Gasteiger partial charge in [-0.15, -0.1) is 0 Å². The summed E-state index contributed by atoms with van der Waals surface area (Å²) in [5.74, 6) is 1.79. The van der Waals surface area contributed by atoms with E-state index in [-0.39, 0.29) is 0 Å². The van der Waals surface area contributed by atoms with E-state index in [1.165, 1.54) is 10.8 Å². The lowest BCUT2D eigenvalue weighted by atomic mass is 9.97. The maximum absolute atomic E-state index is 6.94. The fraction of sp³-hybridized carbons (Fsp3) is 0. The first-order valence-electron chi connectivity index (χ1n) is 19.0. The minimum absolute atomic E-state index is 0.574. The van der Waals surface area contributed by atoms with Crippen molar-refractivity contribution in [3.8, 4) is 51.0 Å². The minimum Gasteiger partial charge on any atom is -0.455 e. The van der Waals surface area contributed by atoms with Crippen LogP contribution in [-0.2, 0) is 0 Å². The highest BCUT2D eigenvalue weighted by Gasteiger charge is 2.24. The SMILES string of the molecule is c1ccc(-c2nc(-c3ccccc3)nc(-c3cccc4oc5c(cc(-c6ccccc6)c6oc7cc(-n8c9ccccc9c9ccccc98)ccc7c65)c34)n2)cc1. The van der Waals surface area contributed by atoms with Gasteiger partial charge in [0.05, 0.1) is 16.4 Å². The second-order valence-electron chi connectivity index (χ2n) is 14.3. The van der Waals surface area contributed by atoms with Gasteiger partial charge in [0.15, 0.2) is 17.5 Å². The van der Waals surface area contributed by atoms with E-state index in [0.29, 0.717) is 17.5 Å². The van der Waals surface area contributed by atoms with Crippen LogP contribution in [-0.4, -0.2) is 19.5 Å². The van der Waals surface area contributed by atoms with Crippen LogP contribution in [0, 0.1) is 0 Å². The molecule has 0 radical (unpaired) electrons. The quantitative estimate of drug-likeness (QED) is 0.176. The topological polar surface area (TPSA) is 69.9 Å². The van der Waals surface area contributed by atoms with Gasteiger partial charge in [0.1, 0.15) is 22.3 Å². The fourth-order valence-corrected chi connectivity index (χ4v) is 8.49. The summed E-state index contributed by atoms with van der Waals surface area (Å²) in [4.78, 5) is 15.2. The molecule has 0 amide bonds. The van der Waals surface area contributed by atoms with Crippen LogP contribution < -0.4 is 0 Å². The molecule has 0 saturated carbocycles. The predicted octanol–water partition coefficient (Wildman–Crippen LogP) is 13.4. The summed E-state index contributed by atoms with van der Waals surface area (Å²) in [6.07, 6.45) is 0. The van der Waals surface area contributed by atoms with Gasteiger partial charge in [-0.05, 0) is 42.0 Å². The summed E-state index contributed by atoms with van der Waals surface area (Å²) in [5.41, 5.74) is 11.1. The molecular weight excluding hydrogens is 701 g/mol. The minimum atomic E-state index is 0.574. The van der Waals surface area contributed by atoms with Crippen molar-refractivity contribution in [2.24, 2.45) is 0 Å². The Kier molecular flexibility index (Phi) is 6.83. The first-order valence-corrected chi connectivity index (χ1v) is 19.0. The summed E-state index contributed by atoms with van der Waals surface area (Å²) in [6.45, 7) is 0. The number of hydrogen-bond acceptors (Lipinski definition) is 5. The maximum atomic E-state index is 6.94. The summed E-state index contributed by atoms with van der Waals surface area (Å²) in [7, 11) is 0. The molecule has 6 heteroatoms. The van der Waals surface area contributed by atoms with Gasteiger partial charge in [0, 0.05) is 60.9 Å². The summed E-state index contributed by atoms with van der Waals surface area (Å²) in [6, 6.07) is 62.5. The van der Waals surface area contributed by atoms with Crippen LogP contribution in [0.15, 0.2) is 191 Å². The zero-order valence-electron chi connectivity index (χ0n) is 30.4. The molecule has 8 aromatic carbocycles. The summed E-state index contributed by atoms with van der Waals surface area (Å²) < 4.78 is 16.2. The third-order valence-corrected chi connectivity index (χ3v) is 11.0. The van der Waals surface area contributed by atoms with Crippen LogP contribution >= 0.6 is 0 Å². The molecule has 0 bridgehead atoms. The van der Waals surface area contributed by atoms with Gasteiger partial charge < -0.3 is 13.4 Å². The van der Waals surface area contributed by atoms with E-state index >= 15 is 0 Å². The van der Waals surface area contributed by atoms with Crippen LogP contribution in [0.5, 0.6) is 0 Å². The molecule has 57 heavy (non-hydrogen) atoms. The Labute approximate surface area is 325 Å². The number of nitrogens with zero attached hydrogens (tertiary/aromatic N) is 4. The van der Waals surface area contributed by atoms with Crippen molar-refractivity contribution in [2.75, 3.05) is 0 Å². The molecule has 0 aliphatic rings. The molecule has 0 aliphatic heterocycles. The van der Waals surface area contributed by atoms with E-state index < -0.39 is 0 Å². The molecule has 12 rings (SSSR count). The molecule has 0 fully saturated rings. The highest BCUT2D eigenvalue weighted by atomic mass is 16.3. The van der Waals surface area contributed by atoms with E-state index in [1.54, 1.807) is 0 Å². The van der Waals surface area contributed by atoms with Crippen molar-refractivity contribution in [1.29, 1.82) is 0 Å². The highest BCUT2D eigenvalue weighted by Crippen LogP contribution is 2.46. The Morgan fingerprint density at radius 2 is 0.912 bits per heavy atom. The Morgan fingerprint density at radius 3 is 1.56 bits per heavy atom. The van der Waals surface area contributed by atoms with Gasteiger partial charge in [-0.25, -0.2) is 15.0 Å². The van der Waals surface area contributed by atoms with E-state index in [9.17, 15) is 0 Å². The first-order chi connectivity index (χ1) is 28.3. The van der Waals surface area contributed by atoms with Crippen molar-refractivity contribution < 1.29 is 8.83 Å². The average molecular weight is 731 g/mol. The number of aromatic nitrogens is 4. The molecule has 0 unspecified atom stereocenters. The largest absolute Gasteiger partial charge is 0.455 e. The monoisotopic (exact) mass is 730 g/mol. The van der Waals surface area contributed by atoms with Crippen LogP contribution in [0.25, 0.3) is 117 Å². The summed E-state index contributed by atoms with van der Waals surface area (Å²) in [5, 5.41) is 6.25. The number of hydrogen-bond donors (Lipinski definition) is 0. The van der Waals surface area contributed by atoms with Gasteiger partial charge in [-0.1, -0.05) is 140 Å². The number of fused-ring (bicyclic) bond motifs is 10. The Bertz CT molecular complexity index is 3400. The number of para-hydroxylation sites is 2. The van der Waals surface area contributed by atoms with Crippen LogP contribution in [0.4, 0.5) is 0 Å². The van der Waals surface area contributed by atoms with Gasteiger partial charge in [-0.3, -0.25) is 0 Å². The predicted molar refractivity (Wildman–Crippen MR) is 230 cm³/mol. The third-order valence-electron chi connectivity index (χ3n) is 11.0. The number of benzene rings is 8. The van der Waals surface area contributed by atoms with Crippen molar-refractivity contribution in [1.82, 2.24) is 19.5 Å². The van der Waals surface area contributed by atoms with Crippen molar-refractivity contribution in [2.45, 2.75) is 0 Å². The van der Waals surface area contributed by atoms with Crippen LogP contribution in [0.2, 0.25) is 0 Å². The lowest BCUT2D eigenvalue weighted by Gasteiger charge is -2.09. The normalized spacial score (nSPS) is 11.9. The van der Waals surface area contributed by atoms with E-state index in [0.717, 1.165) is 88.4 Å². The maximum Gasteiger partial charge on any atom is 0.164 e. The molecule has 4 aromatic heterocycles. The van der Waals surface area contributed by atoms with Crippen LogP contribution in [0.3, 0.4) is 0 Å². The van der Waals surface area contributed by atoms with Gasteiger partial charge in [0.2, 0.25) is 0 Å². The van der Waals surface area contributed by atoms with Crippen LogP contribution in [0.1, 0.15) is 0 Å². The van der Waals surface area contributed by atoms with Gasteiger partial charge in [0.25, 0.3) is 0 Å². The fourth-order valence-electron chi connectivity index (χ4n) is 8.49. The lowest BCUT2D eigenvalue weighted by molar-refractivity contribution is 0.663. The number of rotatable bonds is 5. The van der Waals surface area contributed by atoms with Gasteiger partial charge in [-0.2, -0.15) is 0 Å². The summed E-state index contributed by atoms with van der Waals surface area (Å²) >= 11 is 0. The van der Waals surface area contributed by atoms with E-state index in [4.69, 9.17) is 23.8 Å². The van der Waals surface area contributed by atoms with E-state index in [1.807, 2.05) is 78.9 Å². The molecule has 266 valence electrons. The Balaban J connectivity index is 1.14. The second kappa shape index (κ2) is 12.3. The third kappa shape index (κ3) is 4.87. The second-order valence-corrected chi connectivity index (χ2v) is 14.3. The molecule has 6 nitrogen and oxygen atoms in total. The molecule has 0 saturated heterocycles. The first kappa shape index (κ1) is 31.5. The van der Waals surface area contributed by atoms with Gasteiger partial charge >= 0.3 is 0 Å². The molecular formula is C51H30N4O2. The smallest absolute Gasteiger partial charge is 0.164 e. The highest BCUT2D eigenvalue weighted by molar-refractivity contribution is 6.27. The molecule has 0 N–H and O–H groups in total. The van der Waals surface area contributed by atoms with E-state index in [2.05, 4.69) is 108 Å². The number of furan rings is 2. The Morgan fingerprint density at radius 1 is 0.351 bits per heavy atom. The van der Waals surface area contributed by atoms with Crippen molar-refractivity contribution >= 4 is 65.7 Å². The molecule has 0 atom stereocenters. The Hall–Kier alpha value is -7.83. The zero-order valence-corrected chi connectivity index (χ0v) is 30.4. The van der Waals surface area contributed by atoms with Crippen molar-refractivity contribution in [3.05, 3.63) is 182 Å². The standard InChI is InChI=1S/C51H30N4O2/c1-4-15-31(16-5-1)39-30-40-45-38(51-53-49(32-17-6-2-7-18-32)52-50(54-51)33-19-8-3-9-20-33)23-14-26-43(45)56-48(40)46-37-28-27-34(29-44(37)57-47(39)46)55-41-24-12-10-21-35(41)36-22-11-13-25-42(36)55/h1-30H. The molecule has 0 spiro atoms. The molecule has 4 heterocycles. The molecule has 12 aromatic rings. The average Bonchev–Trinajstić information content (AvgIpc) is 3.96. The van der Waals surface area contributed by atoms with Crippen molar-refractivity contribution in [3.63, 3.8) is 0 Å².